The lowest BCUT2D eigenvalue weighted by Gasteiger charge is -2.01. The van der Waals surface area contributed by atoms with Crippen molar-refractivity contribution in [1.82, 2.24) is 15.5 Å². The first-order valence-corrected chi connectivity index (χ1v) is 6.99. The maximum atomic E-state index is 11.8. The van der Waals surface area contributed by atoms with Crippen molar-refractivity contribution in [3.05, 3.63) is 31.0 Å². The van der Waals surface area contributed by atoms with E-state index in [2.05, 4.69) is 47.4 Å². The molecule has 0 atom stereocenters. The van der Waals surface area contributed by atoms with Gasteiger partial charge in [0, 0.05) is 16.6 Å². The lowest BCUT2D eigenvalue weighted by Crippen LogP contribution is -2.22. The number of hydrogen-bond acceptors (Lipinski definition) is 4. The Morgan fingerprint density at radius 2 is 2.35 bits per heavy atom. The number of amides is 1. The van der Waals surface area contributed by atoms with Gasteiger partial charge < -0.3 is 11.1 Å². The van der Waals surface area contributed by atoms with Crippen LogP contribution in [0.25, 0.3) is 0 Å². The van der Waals surface area contributed by atoms with Gasteiger partial charge in [-0.1, -0.05) is 0 Å². The molecule has 0 radical (unpaired) electrons. The second-order valence-corrected chi connectivity index (χ2v) is 6.45. The number of carbonyl (C=O) groups excluding carboxylic acids is 1. The molecule has 0 spiro atoms. The smallest absolute Gasteiger partial charge is 0.261 e. The highest BCUT2D eigenvalue weighted by atomic mass is 79.9. The molecule has 0 saturated carbocycles. The maximum Gasteiger partial charge on any atom is 0.261 e. The highest BCUT2D eigenvalue weighted by molar-refractivity contribution is 9.13. The molecule has 0 unspecified atom stereocenters. The van der Waals surface area contributed by atoms with Gasteiger partial charge in [-0.25, -0.2) is 0 Å². The van der Waals surface area contributed by atoms with Gasteiger partial charge in [-0.15, -0.1) is 11.3 Å². The molecular weight excluding hydrogens is 372 g/mol. The third kappa shape index (κ3) is 2.88. The van der Waals surface area contributed by atoms with Crippen molar-refractivity contribution in [2.75, 3.05) is 5.73 Å². The summed E-state index contributed by atoms with van der Waals surface area (Å²) in [5.74, 6) is 0.334. The lowest BCUT2D eigenvalue weighted by molar-refractivity contribution is 0.0955. The number of halogens is 2. The van der Waals surface area contributed by atoms with Crippen molar-refractivity contribution < 1.29 is 4.79 Å². The molecule has 0 aliphatic carbocycles. The number of rotatable bonds is 3. The Hall–Kier alpha value is -0.860. The van der Waals surface area contributed by atoms with Crippen molar-refractivity contribution in [1.29, 1.82) is 0 Å². The summed E-state index contributed by atoms with van der Waals surface area (Å²) >= 11 is 8.04. The molecule has 17 heavy (non-hydrogen) atoms. The predicted molar refractivity (Wildman–Crippen MR) is 73.9 cm³/mol. The summed E-state index contributed by atoms with van der Waals surface area (Å²) < 4.78 is 1.76. The molecule has 0 saturated heterocycles. The molecule has 0 bridgehead atoms. The molecule has 2 aromatic heterocycles. The molecule has 0 aliphatic heterocycles. The quantitative estimate of drug-likeness (QED) is 0.765. The fraction of sp³-hybridized carbons (Fsp3) is 0.111. The van der Waals surface area contributed by atoms with Gasteiger partial charge in [0.15, 0.2) is 0 Å². The number of carbonyl (C=O) groups is 1. The second kappa shape index (κ2) is 5.19. The van der Waals surface area contributed by atoms with Gasteiger partial charge in [-0.05, 0) is 37.9 Å². The van der Waals surface area contributed by atoms with Gasteiger partial charge in [0.05, 0.1) is 14.9 Å². The third-order valence-electron chi connectivity index (χ3n) is 2.06. The number of nitrogens with two attached hydrogens (primary N) is 1. The summed E-state index contributed by atoms with van der Waals surface area (Å²) in [6, 6.07) is 1.77. The summed E-state index contributed by atoms with van der Waals surface area (Å²) in [6.45, 7) is 0.355. The van der Waals surface area contributed by atoms with Gasteiger partial charge in [0.1, 0.15) is 5.82 Å². The van der Waals surface area contributed by atoms with E-state index in [1.54, 1.807) is 12.3 Å². The Morgan fingerprint density at radius 3 is 2.88 bits per heavy atom. The van der Waals surface area contributed by atoms with Gasteiger partial charge >= 0.3 is 0 Å². The Balaban J connectivity index is 2.00. The van der Waals surface area contributed by atoms with E-state index in [0.717, 1.165) is 13.8 Å². The number of nitrogens with one attached hydrogen (secondary N) is 2. The zero-order valence-electron chi connectivity index (χ0n) is 8.46. The van der Waals surface area contributed by atoms with Crippen LogP contribution in [0.15, 0.2) is 20.5 Å². The van der Waals surface area contributed by atoms with Crippen LogP contribution in [0.5, 0.6) is 0 Å². The third-order valence-corrected chi connectivity index (χ3v) is 5.31. The molecule has 5 nitrogen and oxygen atoms in total. The summed E-state index contributed by atoms with van der Waals surface area (Å²) in [5, 5.41) is 9.16. The van der Waals surface area contributed by atoms with E-state index in [-0.39, 0.29) is 5.91 Å². The van der Waals surface area contributed by atoms with E-state index in [1.165, 1.54) is 11.3 Å². The molecule has 4 N–H and O–H groups in total. The minimum Gasteiger partial charge on any atom is -0.384 e. The highest BCUT2D eigenvalue weighted by Crippen LogP contribution is 2.32. The number of hydrogen-bond donors (Lipinski definition) is 3. The topological polar surface area (TPSA) is 83.8 Å². The van der Waals surface area contributed by atoms with Crippen LogP contribution in [-0.2, 0) is 6.54 Å². The van der Waals surface area contributed by atoms with Crippen molar-refractivity contribution in [2.24, 2.45) is 0 Å². The van der Waals surface area contributed by atoms with E-state index in [0.29, 0.717) is 17.2 Å². The van der Waals surface area contributed by atoms with E-state index < -0.39 is 0 Å². The van der Waals surface area contributed by atoms with Crippen LogP contribution in [0.4, 0.5) is 5.82 Å². The monoisotopic (exact) mass is 378 g/mol. The summed E-state index contributed by atoms with van der Waals surface area (Å²) in [6.07, 6.45) is 1.59. The minimum atomic E-state index is -0.137. The average Bonchev–Trinajstić information content (AvgIpc) is 2.83. The van der Waals surface area contributed by atoms with E-state index in [4.69, 9.17) is 5.73 Å². The van der Waals surface area contributed by atoms with Gasteiger partial charge in [0.25, 0.3) is 5.91 Å². The van der Waals surface area contributed by atoms with Gasteiger partial charge in [-0.3, -0.25) is 9.89 Å². The van der Waals surface area contributed by atoms with E-state index in [9.17, 15) is 4.79 Å². The van der Waals surface area contributed by atoms with Gasteiger partial charge in [-0.2, -0.15) is 5.10 Å². The van der Waals surface area contributed by atoms with Crippen LogP contribution in [-0.4, -0.2) is 16.1 Å². The normalized spacial score (nSPS) is 10.5. The molecule has 0 fully saturated rings. The van der Waals surface area contributed by atoms with E-state index in [1.807, 2.05) is 0 Å². The molecule has 2 aromatic rings. The van der Waals surface area contributed by atoms with Crippen LogP contribution >= 0.6 is 43.2 Å². The fourth-order valence-corrected chi connectivity index (χ4v) is 3.14. The number of thiophene rings is 1. The van der Waals surface area contributed by atoms with Crippen LogP contribution < -0.4 is 11.1 Å². The van der Waals surface area contributed by atoms with Gasteiger partial charge in [0.2, 0.25) is 0 Å². The molecule has 8 heteroatoms. The first-order chi connectivity index (χ1) is 8.08. The largest absolute Gasteiger partial charge is 0.384 e. The molecule has 0 aromatic carbocycles. The average molecular weight is 380 g/mol. The standard InChI is InChI=1S/C9H8Br2N4OS/c10-5-1-6(17-7(5)11)9(16)13-2-4-3-14-15-8(4)12/h1,3H,2H2,(H,13,16)(H3,12,14,15). The summed E-state index contributed by atoms with van der Waals surface area (Å²) in [4.78, 5) is 12.4. The Morgan fingerprint density at radius 1 is 1.59 bits per heavy atom. The SMILES string of the molecule is Nc1[nH]ncc1CNC(=O)c1cc(Br)c(Br)s1. The Kier molecular flexibility index (Phi) is 3.85. The van der Waals surface area contributed by atoms with Crippen molar-refractivity contribution in [3.8, 4) is 0 Å². The summed E-state index contributed by atoms with van der Waals surface area (Å²) in [5.41, 5.74) is 6.38. The molecule has 90 valence electrons. The number of aromatic amines is 1. The first-order valence-electron chi connectivity index (χ1n) is 4.58. The van der Waals surface area contributed by atoms with Crippen LogP contribution in [0, 0.1) is 0 Å². The Bertz CT molecular complexity index is 531. The zero-order valence-corrected chi connectivity index (χ0v) is 12.4. The van der Waals surface area contributed by atoms with Crippen LogP contribution in [0.3, 0.4) is 0 Å². The minimum absolute atomic E-state index is 0.137. The fourth-order valence-electron chi connectivity index (χ4n) is 1.18. The summed E-state index contributed by atoms with van der Waals surface area (Å²) in [7, 11) is 0. The number of anilines is 1. The zero-order chi connectivity index (χ0) is 12.4. The first kappa shape index (κ1) is 12.6. The molecule has 2 heterocycles. The molecule has 0 aliphatic rings. The van der Waals surface area contributed by atoms with Crippen LogP contribution in [0.2, 0.25) is 0 Å². The van der Waals surface area contributed by atoms with Crippen molar-refractivity contribution >= 4 is 54.9 Å². The second-order valence-electron chi connectivity index (χ2n) is 3.22. The number of aromatic nitrogens is 2. The molecule has 2 rings (SSSR count). The number of H-pyrrole nitrogens is 1. The van der Waals surface area contributed by atoms with E-state index >= 15 is 0 Å². The lowest BCUT2D eigenvalue weighted by atomic mass is 10.3. The molecule has 1 amide bonds. The molecular formula is C9H8Br2N4OS. The highest BCUT2D eigenvalue weighted by Gasteiger charge is 2.12. The number of nitrogens with zero attached hydrogens (tertiary/aromatic N) is 1. The van der Waals surface area contributed by atoms with Crippen molar-refractivity contribution in [2.45, 2.75) is 6.54 Å². The van der Waals surface area contributed by atoms with Crippen LogP contribution in [0.1, 0.15) is 15.2 Å². The van der Waals surface area contributed by atoms with Crippen molar-refractivity contribution in [3.63, 3.8) is 0 Å². The number of nitrogen functional groups attached to an aromatic ring is 1. The maximum absolute atomic E-state index is 11.8. The predicted octanol–water partition coefficient (Wildman–Crippen LogP) is 2.51. The Labute approximate surface area is 118 Å².